The van der Waals surface area contributed by atoms with Gasteiger partial charge in [0.15, 0.2) is 0 Å². The lowest BCUT2D eigenvalue weighted by atomic mass is 9.40. The molecular weight excluding hydrogens is 456 g/mol. The lowest BCUT2D eigenvalue weighted by molar-refractivity contribution is -0.159. The Kier molecular flexibility index (Phi) is 6.12. The van der Waals surface area contributed by atoms with Gasteiger partial charge in [0.25, 0.3) is 0 Å². The van der Waals surface area contributed by atoms with Gasteiger partial charge in [-0.2, -0.15) is 0 Å². The van der Waals surface area contributed by atoms with Crippen LogP contribution in [0, 0.1) is 45.3 Å². The first-order valence-corrected chi connectivity index (χ1v) is 14.2. The number of ether oxygens (including phenoxy) is 1. The summed E-state index contributed by atoms with van der Waals surface area (Å²) in [6, 6.07) is 0. The van der Waals surface area contributed by atoms with Crippen LogP contribution < -0.4 is 0 Å². The van der Waals surface area contributed by atoms with Crippen molar-refractivity contribution in [1.82, 2.24) is 0 Å². The summed E-state index contributed by atoms with van der Waals surface area (Å²) in [4.78, 5) is 13.1. The van der Waals surface area contributed by atoms with Crippen molar-refractivity contribution in [2.75, 3.05) is 6.61 Å². The molecule has 1 aliphatic heterocycles. The Morgan fingerprint density at radius 3 is 2.44 bits per heavy atom. The molecule has 36 heavy (non-hydrogen) atoms. The summed E-state index contributed by atoms with van der Waals surface area (Å²) in [5.74, 6) is 0.423. The molecule has 6 heteroatoms. The number of carbonyl (C=O) groups is 1. The van der Waals surface area contributed by atoms with Crippen molar-refractivity contribution in [2.45, 2.75) is 117 Å². The molecule has 0 unspecified atom stereocenters. The van der Waals surface area contributed by atoms with Gasteiger partial charge in [-0.05, 0) is 92.8 Å². The molecule has 6 nitrogen and oxygen atoms in total. The molecule has 0 amide bonds. The highest BCUT2D eigenvalue weighted by atomic mass is 16.6. The van der Waals surface area contributed by atoms with Gasteiger partial charge in [0.1, 0.15) is 12.2 Å². The first-order chi connectivity index (χ1) is 16.6. The summed E-state index contributed by atoms with van der Waals surface area (Å²) >= 11 is 0. The van der Waals surface area contributed by atoms with E-state index in [0.29, 0.717) is 12.3 Å². The first kappa shape index (κ1) is 26.6. The minimum Gasteiger partial charge on any atom is -0.459 e. The third-order valence-electron chi connectivity index (χ3n) is 12.6. The summed E-state index contributed by atoms with van der Waals surface area (Å²) in [6.45, 7) is 12.4. The lowest BCUT2D eigenvalue weighted by Crippen LogP contribution is -2.59. The molecule has 0 spiro atoms. The molecule has 0 bridgehead atoms. The van der Waals surface area contributed by atoms with E-state index < -0.39 is 29.3 Å². The van der Waals surface area contributed by atoms with Gasteiger partial charge in [0, 0.05) is 11.8 Å². The molecule has 204 valence electrons. The number of esters is 1. The van der Waals surface area contributed by atoms with Crippen molar-refractivity contribution in [2.24, 2.45) is 45.3 Å². The Bertz CT molecular complexity index is 938. The number of aliphatic hydroxyl groups is 4. The van der Waals surface area contributed by atoms with Gasteiger partial charge in [-0.15, -0.1) is 0 Å². The Balaban J connectivity index is 1.45. The van der Waals surface area contributed by atoms with E-state index in [0.717, 1.165) is 44.9 Å². The van der Waals surface area contributed by atoms with Gasteiger partial charge >= 0.3 is 5.97 Å². The highest BCUT2D eigenvalue weighted by Gasteiger charge is 2.67. The maximum absolute atomic E-state index is 13.1. The molecule has 1 heterocycles. The zero-order chi connectivity index (χ0) is 26.5. The van der Waals surface area contributed by atoms with E-state index in [4.69, 9.17) is 4.74 Å². The number of aliphatic hydroxyl groups excluding tert-OH is 3. The van der Waals surface area contributed by atoms with Crippen LogP contribution in [0.1, 0.15) is 92.9 Å². The number of fused-ring (bicyclic) bond motifs is 5. The standard InChI is InChI=1S/C30H48O6/c1-26(2,35)24(33)21-15-17(25(34)36-21)18-9-13-30(6)20-7-8-22-27(3,19(20)10-14-29(18,30)5)12-11-23(32)28(22,4)16-31/h7,17-19,21-24,31-33,35H,8-16H2,1-6H3/t17-,18-,19-,21+,22+,23+,24-,27+,28+,29-,30+/m0/s1. The summed E-state index contributed by atoms with van der Waals surface area (Å²) in [5, 5.41) is 42.1. The molecule has 0 aromatic carbocycles. The molecule has 4 N–H and O–H groups in total. The van der Waals surface area contributed by atoms with E-state index >= 15 is 0 Å². The normalized spacial score (nSPS) is 51.6. The number of carbonyl (C=O) groups excluding carboxylic acids is 1. The van der Waals surface area contributed by atoms with Crippen molar-refractivity contribution >= 4 is 5.97 Å². The molecule has 5 aliphatic rings. The third kappa shape index (κ3) is 3.39. The Hall–Kier alpha value is -0.950. The maximum Gasteiger partial charge on any atom is 0.309 e. The largest absolute Gasteiger partial charge is 0.459 e. The first-order valence-electron chi connectivity index (χ1n) is 14.2. The zero-order valence-electron chi connectivity index (χ0n) is 23.1. The van der Waals surface area contributed by atoms with E-state index in [2.05, 4.69) is 33.8 Å². The van der Waals surface area contributed by atoms with Crippen LogP contribution in [0.4, 0.5) is 0 Å². The number of cyclic esters (lactones) is 1. The molecule has 3 saturated carbocycles. The molecule has 0 aromatic rings. The number of hydrogen-bond donors (Lipinski definition) is 4. The fraction of sp³-hybridized carbons (Fsp3) is 0.900. The second-order valence-electron chi connectivity index (χ2n) is 14.6. The third-order valence-corrected chi connectivity index (χ3v) is 12.6. The predicted molar refractivity (Wildman–Crippen MR) is 137 cm³/mol. The molecule has 0 radical (unpaired) electrons. The van der Waals surface area contributed by atoms with Crippen LogP contribution in [0.2, 0.25) is 0 Å². The Morgan fingerprint density at radius 1 is 1.11 bits per heavy atom. The molecule has 4 fully saturated rings. The lowest BCUT2D eigenvalue weighted by Gasteiger charge is -2.64. The summed E-state index contributed by atoms with van der Waals surface area (Å²) in [7, 11) is 0. The zero-order valence-corrected chi connectivity index (χ0v) is 23.1. The predicted octanol–water partition coefficient (Wildman–Crippen LogP) is 3.99. The van der Waals surface area contributed by atoms with E-state index in [1.165, 1.54) is 0 Å². The van der Waals surface area contributed by atoms with E-state index in [1.54, 1.807) is 19.4 Å². The summed E-state index contributed by atoms with van der Waals surface area (Å²) in [6.07, 6.45) is 7.43. The van der Waals surface area contributed by atoms with Crippen LogP contribution >= 0.6 is 0 Å². The van der Waals surface area contributed by atoms with Gasteiger partial charge in [-0.25, -0.2) is 0 Å². The van der Waals surface area contributed by atoms with Crippen molar-refractivity contribution in [1.29, 1.82) is 0 Å². The maximum atomic E-state index is 13.1. The second-order valence-corrected chi connectivity index (χ2v) is 14.6. The van der Waals surface area contributed by atoms with Crippen LogP contribution in [0.15, 0.2) is 11.6 Å². The topological polar surface area (TPSA) is 107 Å². The van der Waals surface area contributed by atoms with Gasteiger partial charge in [-0.1, -0.05) is 39.3 Å². The molecule has 5 rings (SSSR count). The molecule has 11 atom stereocenters. The number of rotatable bonds is 4. The van der Waals surface area contributed by atoms with Gasteiger partial charge in [-0.3, -0.25) is 4.79 Å². The van der Waals surface area contributed by atoms with Crippen LogP contribution in [-0.4, -0.2) is 56.9 Å². The fourth-order valence-electron chi connectivity index (χ4n) is 10.0. The van der Waals surface area contributed by atoms with Gasteiger partial charge in [0.2, 0.25) is 0 Å². The highest BCUT2D eigenvalue weighted by molar-refractivity contribution is 5.75. The average molecular weight is 505 g/mol. The number of hydrogen-bond acceptors (Lipinski definition) is 6. The SMILES string of the molecule is CC(C)(O)[C@@H](O)[C@H]1C[C@@H]([C@@H]2CC[C@]3(C)C4=CC[C@@H]5[C@](C)(CC[C@@H](O)[C@]5(C)CO)[C@H]4CC[C@@]23C)C(=O)O1. The Labute approximate surface area is 216 Å². The summed E-state index contributed by atoms with van der Waals surface area (Å²) in [5.41, 5.74) is -0.232. The van der Waals surface area contributed by atoms with E-state index in [9.17, 15) is 25.2 Å². The van der Waals surface area contributed by atoms with E-state index in [1.807, 2.05) is 0 Å². The molecule has 4 aliphatic carbocycles. The smallest absolute Gasteiger partial charge is 0.309 e. The van der Waals surface area contributed by atoms with Crippen LogP contribution in [0.3, 0.4) is 0 Å². The fourth-order valence-corrected chi connectivity index (χ4v) is 10.0. The quantitative estimate of drug-likeness (QED) is 0.341. The molecular formula is C30H48O6. The van der Waals surface area contributed by atoms with Crippen molar-refractivity contribution in [3.8, 4) is 0 Å². The molecule has 0 aromatic heterocycles. The average Bonchev–Trinajstić information content (AvgIpc) is 3.32. The van der Waals surface area contributed by atoms with Gasteiger partial charge in [0.05, 0.1) is 24.2 Å². The van der Waals surface area contributed by atoms with Crippen molar-refractivity contribution in [3.63, 3.8) is 0 Å². The molecule has 1 saturated heterocycles. The van der Waals surface area contributed by atoms with Crippen molar-refractivity contribution in [3.05, 3.63) is 11.6 Å². The highest BCUT2D eigenvalue weighted by Crippen LogP contribution is 2.73. The van der Waals surface area contributed by atoms with Crippen LogP contribution in [0.25, 0.3) is 0 Å². The van der Waals surface area contributed by atoms with Crippen molar-refractivity contribution < 1.29 is 30.0 Å². The monoisotopic (exact) mass is 504 g/mol. The summed E-state index contributed by atoms with van der Waals surface area (Å²) < 4.78 is 5.66. The van der Waals surface area contributed by atoms with E-state index in [-0.39, 0.29) is 46.6 Å². The number of allylic oxidation sites excluding steroid dienone is 2. The minimum atomic E-state index is -1.32. The minimum absolute atomic E-state index is 0.00647. The van der Waals surface area contributed by atoms with Gasteiger partial charge < -0.3 is 25.2 Å². The van der Waals surface area contributed by atoms with Crippen LogP contribution in [0.5, 0.6) is 0 Å². The Morgan fingerprint density at radius 2 is 1.81 bits per heavy atom. The second kappa shape index (κ2) is 8.27. The van der Waals surface area contributed by atoms with Crippen LogP contribution in [-0.2, 0) is 9.53 Å².